The van der Waals surface area contributed by atoms with Gasteiger partial charge >= 0.3 is 0 Å². The fourth-order valence-corrected chi connectivity index (χ4v) is 4.12. The topological polar surface area (TPSA) is 58.1 Å². The van der Waals surface area contributed by atoms with Gasteiger partial charge < -0.3 is 25.0 Å². The molecule has 1 fully saturated rings. The molecule has 0 radical (unpaired) electrons. The number of guanidine groups is 1. The Morgan fingerprint density at radius 3 is 3.07 bits per heavy atom. The number of benzene rings is 2. The molecular formula is C22H26ClFN4O2. The van der Waals surface area contributed by atoms with E-state index in [2.05, 4.69) is 26.6 Å². The van der Waals surface area contributed by atoms with E-state index in [0.717, 1.165) is 53.1 Å². The fourth-order valence-electron chi connectivity index (χ4n) is 3.93. The second kappa shape index (κ2) is 9.53. The number of nitrogens with zero attached hydrogens (tertiary/aromatic N) is 2. The summed E-state index contributed by atoms with van der Waals surface area (Å²) >= 11 is 6.12. The SMILES string of the molecule is CN=C(NCCc1cc(F)cc2c1OCOC2)NC1CCN(c2cccc(Cl)c2)C1. The van der Waals surface area contributed by atoms with Gasteiger partial charge in [0.25, 0.3) is 0 Å². The van der Waals surface area contributed by atoms with Crippen LogP contribution in [0.1, 0.15) is 17.5 Å². The Morgan fingerprint density at radius 2 is 2.23 bits per heavy atom. The Bertz CT molecular complexity index is 924. The van der Waals surface area contributed by atoms with E-state index in [4.69, 9.17) is 21.1 Å². The molecule has 2 aromatic rings. The van der Waals surface area contributed by atoms with E-state index >= 15 is 0 Å². The zero-order valence-corrected chi connectivity index (χ0v) is 17.7. The highest BCUT2D eigenvalue weighted by atomic mass is 35.5. The van der Waals surface area contributed by atoms with Crippen molar-refractivity contribution in [1.82, 2.24) is 10.6 Å². The lowest BCUT2D eigenvalue weighted by Gasteiger charge is -2.22. The van der Waals surface area contributed by atoms with E-state index in [-0.39, 0.29) is 18.7 Å². The molecule has 4 rings (SSSR count). The molecule has 2 aromatic carbocycles. The third kappa shape index (κ3) is 4.96. The molecule has 160 valence electrons. The van der Waals surface area contributed by atoms with E-state index in [1.54, 1.807) is 7.05 Å². The van der Waals surface area contributed by atoms with Crippen molar-refractivity contribution in [3.63, 3.8) is 0 Å². The summed E-state index contributed by atoms with van der Waals surface area (Å²) < 4.78 is 24.7. The van der Waals surface area contributed by atoms with E-state index in [1.807, 2.05) is 18.2 Å². The third-order valence-corrected chi connectivity index (χ3v) is 5.60. The standard InChI is InChI=1S/C22H26ClFN4O2/c1-25-22(27-19-6-8-28(12-19)20-4-2-3-17(23)11-20)26-7-5-15-9-18(24)10-16-13-29-14-30-21(15)16/h2-4,9-11,19H,5-8,12-14H2,1H3,(H2,25,26,27). The molecule has 8 heteroatoms. The smallest absolute Gasteiger partial charge is 0.191 e. The van der Waals surface area contributed by atoms with Gasteiger partial charge in [-0.1, -0.05) is 17.7 Å². The minimum absolute atomic E-state index is 0.201. The van der Waals surface area contributed by atoms with Gasteiger partial charge in [-0.05, 0) is 48.7 Å². The molecular weight excluding hydrogens is 407 g/mol. The Labute approximate surface area is 181 Å². The number of hydrogen-bond donors (Lipinski definition) is 2. The van der Waals surface area contributed by atoms with Crippen molar-refractivity contribution < 1.29 is 13.9 Å². The van der Waals surface area contributed by atoms with Crippen molar-refractivity contribution in [2.24, 2.45) is 4.99 Å². The van der Waals surface area contributed by atoms with E-state index in [0.29, 0.717) is 19.6 Å². The van der Waals surface area contributed by atoms with Crippen LogP contribution in [0.5, 0.6) is 5.75 Å². The molecule has 0 amide bonds. The van der Waals surface area contributed by atoms with Gasteiger partial charge in [0.15, 0.2) is 12.8 Å². The van der Waals surface area contributed by atoms with Crippen molar-refractivity contribution in [1.29, 1.82) is 0 Å². The maximum atomic E-state index is 13.9. The van der Waals surface area contributed by atoms with Crippen LogP contribution in [0.25, 0.3) is 0 Å². The number of anilines is 1. The number of fused-ring (bicyclic) bond motifs is 1. The number of aliphatic imine (C=N–C) groups is 1. The Hall–Kier alpha value is -2.51. The van der Waals surface area contributed by atoms with Crippen LogP contribution >= 0.6 is 11.6 Å². The molecule has 2 aliphatic heterocycles. The lowest BCUT2D eigenvalue weighted by molar-refractivity contribution is -0.0172. The van der Waals surface area contributed by atoms with Crippen LogP contribution in [0.15, 0.2) is 41.4 Å². The molecule has 2 heterocycles. The lowest BCUT2D eigenvalue weighted by atomic mass is 10.1. The first-order chi connectivity index (χ1) is 14.6. The molecule has 1 saturated heterocycles. The van der Waals surface area contributed by atoms with Crippen LogP contribution in [-0.2, 0) is 17.8 Å². The van der Waals surface area contributed by atoms with Crippen LogP contribution in [0, 0.1) is 5.82 Å². The predicted octanol–water partition coefficient (Wildman–Crippen LogP) is 3.33. The fraction of sp³-hybridized carbons (Fsp3) is 0.409. The largest absolute Gasteiger partial charge is 0.467 e. The van der Waals surface area contributed by atoms with Crippen LogP contribution < -0.4 is 20.3 Å². The minimum Gasteiger partial charge on any atom is -0.467 e. The van der Waals surface area contributed by atoms with Gasteiger partial charge in [0.05, 0.1) is 6.61 Å². The van der Waals surface area contributed by atoms with Crippen molar-refractivity contribution >= 4 is 23.2 Å². The van der Waals surface area contributed by atoms with E-state index in [9.17, 15) is 4.39 Å². The summed E-state index contributed by atoms with van der Waals surface area (Å²) in [5, 5.41) is 7.55. The zero-order chi connectivity index (χ0) is 20.9. The Balaban J connectivity index is 1.30. The van der Waals surface area contributed by atoms with Crippen molar-refractivity contribution in [3.05, 3.63) is 58.4 Å². The van der Waals surface area contributed by atoms with Gasteiger partial charge in [-0.25, -0.2) is 4.39 Å². The van der Waals surface area contributed by atoms with Gasteiger partial charge in [0, 0.05) is 49.0 Å². The first kappa shape index (κ1) is 20.8. The highest BCUT2D eigenvalue weighted by Gasteiger charge is 2.23. The molecule has 0 aliphatic carbocycles. The number of halogens is 2. The van der Waals surface area contributed by atoms with Gasteiger partial charge in [0.2, 0.25) is 0 Å². The van der Waals surface area contributed by atoms with Crippen molar-refractivity contribution in [3.8, 4) is 5.75 Å². The zero-order valence-electron chi connectivity index (χ0n) is 17.0. The highest BCUT2D eigenvalue weighted by molar-refractivity contribution is 6.30. The lowest BCUT2D eigenvalue weighted by Crippen LogP contribution is -2.45. The summed E-state index contributed by atoms with van der Waals surface area (Å²) in [7, 11) is 1.75. The summed E-state index contributed by atoms with van der Waals surface area (Å²) in [6.45, 7) is 3.04. The first-order valence-corrected chi connectivity index (χ1v) is 10.5. The second-order valence-electron chi connectivity index (χ2n) is 7.47. The van der Waals surface area contributed by atoms with Gasteiger partial charge in [-0.15, -0.1) is 0 Å². The quantitative estimate of drug-likeness (QED) is 0.560. The average molecular weight is 433 g/mol. The summed E-state index contributed by atoms with van der Waals surface area (Å²) in [6.07, 6.45) is 1.64. The molecule has 0 spiro atoms. The summed E-state index contributed by atoms with van der Waals surface area (Å²) in [4.78, 5) is 6.64. The molecule has 0 bridgehead atoms. The molecule has 0 saturated carbocycles. The average Bonchev–Trinajstić information content (AvgIpc) is 3.21. The Kier molecular flexibility index (Phi) is 6.59. The molecule has 0 aromatic heterocycles. The highest BCUT2D eigenvalue weighted by Crippen LogP contribution is 2.29. The summed E-state index contributed by atoms with van der Waals surface area (Å²) in [6, 6.07) is 11.2. The summed E-state index contributed by atoms with van der Waals surface area (Å²) in [5.74, 6) is 1.20. The van der Waals surface area contributed by atoms with Crippen molar-refractivity contribution in [2.75, 3.05) is 38.4 Å². The van der Waals surface area contributed by atoms with Crippen LogP contribution in [0.4, 0.5) is 10.1 Å². The number of rotatable bonds is 5. The maximum Gasteiger partial charge on any atom is 0.191 e. The molecule has 30 heavy (non-hydrogen) atoms. The Morgan fingerprint density at radius 1 is 1.33 bits per heavy atom. The predicted molar refractivity (Wildman–Crippen MR) is 117 cm³/mol. The number of nitrogens with one attached hydrogen (secondary N) is 2. The monoisotopic (exact) mass is 432 g/mol. The molecule has 2 aliphatic rings. The number of ether oxygens (including phenoxy) is 2. The molecule has 2 N–H and O–H groups in total. The molecule has 1 unspecified atom stereocenters. The van der Waals surface area contributed by atoms with Gasteiger partial charge in [-0.2, -0.15) is 0 Å². The van der Waals surface area contributed by atoms with Gasteiger partial charge in [0.1, 0.15) is 11.6 Å². The third-order valence-electron chi connectivity index (χ3n) is 5.36. The minimum atomic E-state index is -0.271. The molecule has 1 atom stereocenters. The van der Waals surface area contributed by atoms with Crippen LogP contribution in [0.2, 0.25) is 5.02 Å². The first-order valence-electron chi connectivity index (χ1n) is 10.1. The normalized spacial score (nSPS) is 18.7. The maximum absolute atomic E-state index is 13.9. The number of hydrogen-bond acceptors (Lipinski definition) is 4. The summed E-state index contributed by atoms with van der Waals surface area (Å²) in [5.41, 5.74) is 2.73. The van der Waals surface area contributed by atoms with Crippen LogP contribution in [-0.4, -0.2) is 45.5 Å². The van der Waals surface area contributed by atoms with Crippen molar-refractivity contribution in [2.45, 2.75) is 25.5 Å². The van der Waals surface area contributed by atoms with Gasteiger partial charge in [-0.3, -0.25) is 4.99 Å². The second-order valence-corrected chi connectivity index (χ2v) is 7.91. The van der Waals surface area contributed by atoms with E-state index < -0.39 is 0 Å². The van der Waals surface area contributed by atoms with E-state index in [1.165, 1.54) is 12.1 Å². The van der Waals surface area contributed by atoms with Crippen LogP contribution in [0.3, 0.4) is 0 Å². The molecule has 6 nitrogen and oxygen atoms in total.